The molecule has 0 bridgehead atoms. The number of rotatable bonds is 3. The van der Waals surface area contributed by atoms with Gasteiger partial charge in [-0.2, -0.15) is 13.2 Å². The topological polar surface area (TPSA) is 25.8 Å². The molecule has 1 aromatic carbocycles. The van der Waals surface area contributed by atoms with Crippen LogP contribution in [0, 0.1) is 3.57 Å². The molecule has 0 atom stereocenters. The normalized spacial score (nSPS) is 11.7. The van der Waals surface area contributed by atoms with Crippen LogP contribution in [0.25, 0.3) is 11.3 Å². The zero-order valence-electron chi connectivity index (χ0n) is 10.1. The molecule has 0 fully saturated rings. The Bertz CT molecular complexity index is 603. The summed E-state index contributed by atoms with van der Waals surface area (Å²) < 4.78 is 37.4. The predicted molar refractivity (Wildman–Crippen MR) is 79.6 cm³/mol. The standard InChI is InChI=1S/C13H9ClF3IN2/c14-12-10(18)11(8-4-2-1-3-5-8)19-9(20-12)6-7-13(15,16)17/h1-5H,6-7H2. The van der Waals surface area contributed by atoms with Crippen molar-refractivity contribution < 1.29 is 13.2 Å². The highest BCUT2D eigenvalue weighted by molar-refractivity contribution is 14.1. The van der Waals surface area contributed by atoms with Gasteiger partial charge in [-0.3, -0.25) is 0 Å². The van der Waals surface area contributed by atoms with Crippen molar-refractivity contribution in [1.82, 2.24) is 9.97 Å². The highest BCUT2D eigenvalue weighted by atomic mass is 127. The minimum atomic E-state index is -4.23. The summed E-state index contributed by atoms with van der Waals surface area (Å²) in [6, 6.07) is 9.17. The lowest BCUT2D eigenvalue weighted by atomic mass is 10.1. The predicted octanol–water partition coefficient (Wildman–Crippen LogP) is 4.90. The van der Waals surface area contributed by atoms with Gasteiger partial charge in [-0.25, -0.2) is 9.97 Å². The van der Waals surface area contributed by atoms with E-state index >= 15 is 0 Å². The van der Waals surface area contributed by atoms with Gasteiger partial charge in [0.2, 0.25) is 0 Å². The molecule has 0 aliphatic rings. The second kappa shape index (κ2) is 6.26. The molecule has 0 spiro atoms. The first kappa shape index (κ1) is 15.5. The Kier molecular flexibility index (Phi) is 4.85. The van der Waals surface area contributed by atoms with Crippen LogP contribution in [0.3, 0.4) is 0 Å². The minimum absolute atomic E-state index is 0.103. The van der Waals surface area contributed by atoms with Gasteiger partial charge in [0, 0.05) is 12.0 Å². The number of hydrogen-bond acceptors (Lipinski definition) is 2. The van der Waals surface area contributed by atoms with Crippen LogP contribution < -0.4 is 0 Å². The van der Waals surface area contributed by atoms with Crippen LogP contribution in [0.2, 0.25) is 5.15 Å². The van der Waals surface area contributed by atoms with Crippen molar-refractivity contribution in [1.29, 1.82) is 0 Å². The third kappa shape index (κ3) is 4.05. The fourth-order valence-corrected chi connectivity index (χ4v) is 2.36. The third-order valence-electron chi connectivity index (χ3n) is 2.54. The molecule has 0 amide bonds. The molecule has 0 saturated carbocycles. The van der Waals surface area contributed by atoms with Gasteiger partial charge in [0.05, 0.1) is 15.7 Å². The van der Waals surface area contributed by atoms with E-state index in [0.717, 1.165) is 5.56 Å². The molecular formula is C13H9ClF3IN2. The quantitative estimate of drug-likeness (QED) is 0.530. The Hall–Kier alpha value is -0.890. The average molecular weight is 413 g/mol. The third-order valence-corrected chi connectivity index (χ3v) is 4.15. The Morgan fingerprint density at radius 3 is 2.35 bits per heavy atom. The van der Waals surface area contributed by atoms with E-state index in [4.69, 9.17) is 11.6 Å². The highest BCUT2D eigenvalue weighted by Crippen LogP contribution is 2.29. The average Bonchev–Trinajstić information content (AvgIpc) is 2.40. The van der Waals surface area contributed by atoms with E-state index in [1.54, 1.807) is 0 Å². The monoisotopic (exact) mass is 412 g/mol. The van der Waals surface area contributed by atoms with Gasteiger partial charge in [0.1, 0.15) is 11.0 Å². The molecule has 20 heavy (non-hydrogen) atoms. The molecule has 0 aliphatic heterocycles. The fraction of sp³-hybridized carbons (Fsp3) is 0.231. The molecule has 0 N–H and O–H groups in total. The maximum Gasteiger partial charge on any atom is 0.389 e. The summed E-state index contributed by atoms with van der Waals surface area (Å²) in [5, 5.41) is 0.177. The second-order valence-electron chi connectivity index (χ2n) is 4.07. The summed E-state index contributed by atoms with van der Waals surface area (Å²) in [6.45, 7) is 0. The number of halogens is 5. The lowest BCUT2D eigenvalue weighted by Crippen LogP contribution is -2.11. The molecule has 2 nitrogen and oxygen atoms in total. The highest BCUT2D eigenvalue weighted by Gasteiger charge is 2.27. The van der Waals surface area contributed by atoms with E-state index in [0.29, 0.717) is 9.26 Å². The lowest BCUT2D eigenvalue weighted by molar-refractivity contribution is -0.134. The maximum atomic E-state index is 12.3. The van der Waals surface area contributed by atoms with Gasteiger partial charge in [-0.05, 0) is 22.6 Å². The van der Waals surface area contributed by atoms with Gasteiger partial charge < -0.3 is 0 Å². The van der Waals surface area contributed by atoms with E-state index in [9.17, 15) is 13.2 Å². The lowest BCUT2D eigenvalue weighted by Gasteiger charge is -2.09. The van der Waals surface area contributed by atoms with Gasteiger partial charge in [0.25, 0.3) is 0 Å². The van der Waals surface area contributed by atoms with Crippen LogP contribution >= 0.6 is 34.2 Å². The van der Waals surface area contributed by atoms with E-state index < -0.39 is 12.6 Å². The van der Waals surface area contributed by atoms with Gasteiger partial charge >= 0.3 is 6.18 Å². The van der Waals surface area contributed by atoms with Crippen molar-refractivity contribution in [2.75, 3.05) is 0 Å². The number of aryl methyl sites for hydroxylation is 1. The Morgan fingerprint density at radius 2 is 1.75 bits per heavy atom. The molecule has 106 valence electrons. The zero-order valence-corrected chi connectivity index (χ0v) is 13.0. The summed E-state index contributed by atoms with van der Waals surface area (Å²) in [4.78, 5) is 8.11. The smallest absolute Gasteiger partial charge is 0.232 e. The van der Waals surface area contributed by atoms with Crippen LogP contribution in [-0.2, 0) is 6.42 Å². The first-order valence-corrected chi connectivity index (χ1v) is 7.16. The molecule has 0 saturated heterocycles. The van der Waals surface area contributed by atoms with Crippen LogP contribution in [0.5, 0.6) is 0 Å². The molecule has 0 unspecified atom stereocenters. The zero-order chi connectivity index (χ0) is 14.8. The van der Waals surface area contributed by atoms with E-state index in [2.05, 4.69) is 9.97 Å². The number of alkyl halides is 3. The molecule has 1 aromatic heterocycles. The first-order valence-electron chi connectivity index (χ1n) is 5.71. The summed E-state index contributed by atoms with van der Waals surface area (Å²) in [6.07, 6.45) is -5.47. The summed E-state index contributed by atoms with van der Waals surface area (Å²) in [5.74, 6) is 0.103. The molecule has 1 heterocycles. The molecule has 0 radical (unpaired) electrons. The van der Waals surface area contributed by atoms with E-state index in [1.165, 1.54) is 0 Å². The largest absolute Gasteiger partial charge is 0.389 e. The molecule has 0 aliphatic carbocycles. The van der Waals surface area contributed by atoms with Crippen LogP contribution in [0.15, 0.2) is 30.3 Å². The molecule has 2 rings (SSSR count). The van der Waals surface area contributed by atoms with Crippen molar-refractivity contribution in [3.8, 4) is 11.3 Å². The Labute approximate surface area is 132 Å². The summed E-state index contributed by atoms with van der Waals surface area (Å²) >= 11 is 7.97. The van der Waals surface area contributed by atoms with Crippen molar-refractivity contribution in [3.63, 3.8) is 0 Å². The van der Waals surface area contributed by atoms with Gasteiger partial charge in [-0.1, -0.05) is 41.9 Å². The minimum Gasteiger partial charge on any atom is -0.232 e. The number of benzene rings is 1. The number of aromatic nitrogens is 2. The number of nitrogens with zero attached hydrogens (tertiary/aromatic N) is 2. The second-order valence-corrected chi connectivity index (χ2v) is 5.51. The fourth-order valence-electron chi connectivity index (χ4n) is 1.62. The Morgan fingerprint density at radius 1 is 1.10 bits per heavy atom. The van der Waals surface area contributed by atoms with Crippen LogP contribution in [0.1, 0.15) is 12.2 Å². The molecule has 7 heteroatoms. The Balaban J connectivity index is 2.35. The summed E-state index contributed by atoms with van der Waals surface area (Å²) in [7, 11) is 0. The first-order chi connectivity index (χ1) is 9.37. The van der Waals surface area contributed by atoms with Crippen molar-refractivity contribution in [2.24, 2.45) is 0 Å². The maximum absolute atomic E-state index is 12.3. The van der Waals surface area contributed by atoms with Crippen molar-refractivity contribution in [2.45, 2.75) is 19.0 Å². The van der Waals surface area contributed by atoms with E-state index in [1.807, 2.05) is 52.9 Å². The van der Waals surface area contributed by atoms with Crippen molar-refractivity contribution >= 4 is 34.2 Å². The van der Waals surface area contributed by atoms with Crippen LogP contribution in [-0.4, -0.2) is 16.1 Å². The van der Waals surface area contributed by atoms with Crippen molar-refractivity contribution in [3.05, 3.63) is 44.9 Å². The van der Waals surface area contributed by atoms with E-state index in [-0.39, 0.29) is 17.4 Å². The molecular weight excluding hydrogens is 404 g/mol. The van der Waals surface area contributed by atoms with Gasteiger partial charge in [0.15, 0.2) is 0 Å². The van der Waals surface area contributed by atoms with Gasteiger partial charge in [-0.15, -0.1) is 0 Å². The number of hydrogen-bond donors (Lipinski definition) is 0. The van der Waals surface area contributed by atoms with Crippen LogP contribution in [0.4, 0.5) is 13.2 Å². The molecule has 2 aromatic rings. The SMILES string of the molecule is FC(F)(F)CCc1nc(Cl)c(I)c(-c2ccccc2)n1. The summed E-state index contributed by atoms with van der Waals surface area (Å²) in [5.41, 5.74) is 1.36.